The van der Waals surface area contributed by atoms with Crippen molar-refractivity contribution in [1.29, 1.82) is 0 Å². The fourth-order valence-electron chi connectivity index (χ4n) is 2.09. The SMILES string of the molecule is COc1cc(/C=C/C(=O)CC(=O)/C=C/c2ccc(O)c(F)c2)ccc1O. The number of carbonyl (C=O) groups is 2. The number of benzene rings is 2. The Bertz CT molecular complexity index is 884. The maximum absolute atomic E-state index is 13.2. The molecule has 0 atom stereocenters. The van der Waals surface area contributed by atoms with Crippen molar-refractivity contribution in [2.75, 3.05) is 7.11 Å². The number of carbonyl (C=O) groups excluding carboxylic acids is 2. The zero-order valence-corrected chi connectivity index (χ0v) is 14.0. The minimum Gasteiger partial charge on any atom is -0.505 e. The van der Waals surface area contributed by atoms with Gasteiger partial charge in [0, 0.05) is 0 Å². The molecular weight excluding hydrogens is 339 g/mol. The van der Waals surface area contributed by atoms with E-state index >= 15 is 0 Å². The van der Waals surface area contributed by atoms with Crippen molar-refractivity contribution in [3.05, 3.63) is 65.5 Å². The predicted octanol–water partition coefficient (Wildman–Crippen LogP) is 3.50. The second-order valence-corrected chi connectivity index (χ2v) is 5.42. The first kappa shape index (κ1) is 18.9. The molecule has 0 spiro atoms. The highest BCUT2D eigenvalue weighted by Crippen LogP contribution is 2.26. The summed E-state index contributed by atoms with van der Waals surface area (Å²) in [6.07, 6.45) is 4.99. The molecule has 0 aliphatic carbocycles. The van der Waals surface area contributed by atoms with E-state index in [0.29, 0.717) is 11.1 Å². The van der Waals surface area contributed by atoms with Gasteiger partial charge in [0.2, 0.25) is 0 Å². The first-order chi connectivity index (χ1) is 12.4. The molecule has 2 N–H and O–H groups in total. The van der Waals surface area contributed by atoms with Gasteiger partial charge in [0.25, 0.3) is 0 Å². The van der Waals surface area contributed by atoms with Crippen molar-refractivity contribution in [1.82, 2.24) is 0 Å². The third-order valence-corrected chi connectivity index (χ3v) is 3.45. The summed E-state index contributed by atoms with van der Waals surface area (Å²) in [6.45, 7) is 0. The van der Waals surface area contributed by atoms with Crippen LogP contribution in [0.25, 0.3) is 12.2 Å². The molecule has 0 unspecified atom stereocenters. The summed E-state index contributed by atoms with van der Waals surface area (Å²) in [7, 11) is 1.42. The van der Waals surface area contributed by atoms with Crippen molar-refractivity contribution in [3.8, 4) is 17.2 Å². The van der Waals surface area contributed by atoms with Crippen LogP contribution in [-0.4, -0.2) is 28.9 Å². The largest absolute Gasteiger partial charge is 0.505 e. The lowest BCUT2D eigenvalue weighted by atomic mass is 10.1. The number of hydrogen-bond donors (Lipinski definition) is 2. The number of ether oxygens (including phenoxy) is 1. The van der Waals surface area contributed by atoms with Gasteiger partial charge in [-0.25, -0.2) is 4.39 Å². The summed E-state index contributed by atoms with van der Waals surface area (Å²) in [6, 6.07) is 8.30. The van der Waals surface area contributed by atoms with Gasteiger partial charge >= 0.3 is 0 Å². The standard InChI is InChI=1S/C20H17FO5/c1-26-20-11-14(5-9-19(20)25)3-7-16(23)12-15(22)6-2-13-4-8-18(24)17(21)10-13/h2-11,24-25H,12H2,1H3/b6-2+,7-3+. The summed E-state index contributed by atoms with van der Waals surface area (Å²) in [5, 5.41) is 18.6. The molecule has 26 heavy (non-hydrogen) atoms. The fourth-order valence-corrected chi connectivity index (χ4v) is 2.09. The van der Waals surface area contributed by atoms with Gasteiger partial charge in [0.1, 0.15) is 0 Å². The number of hydrogen-bond acceptors (Lipinski definition) is 5. The van der Waals surface area contributed by atoms with Crippen LogP contribution in [0.15, 0.2) is 48.6 Å². The maximum atomic E-state index is 13.2. The number of methoxy groups -OCH3 is 1. The molecule has 0 saturated heterocycles. The first-order valence-electron chi connectivity index (χ1n) is 7.66. The van der Waals surface area contributed by atoms with Crippen LogP contribution in [0.1, 0.15) is 17.5 Å². The molecule has 0 fully saturated rings. The summed E-state index contributed by atoms with van der Waals surface area (Å²) in [5.41, 5.74) is 1.03. The zero-order chi connectivity index (χ0) is 19.1. The molecule has 0 aromatic heterocycles. The van der Waals surface area contributed by atoms with Gasteiger partial charge in [-0.3, -0.25) is 9.59 Å². The molecular formula is C20H17FO5. The lowest BCUT2D eigenvalue weighted by Gasteiger charge is -2.03. The summed E-state index contributed by atoms with van der Waals surface area (Å²) in [4.78, 5) is 23.6. The van der Waals surface area contributed by atoms with E-state index in [4.69, 9.17) is 9.84 Å². The first-order valence-corrected chi connectivity index (χ1v) is 7.66. The van der Waals surface area contributed by atoms with Gasteiger partial charge in [-0.15, -0.1) is 0 Å². The molecule has 0 aliphatic rings. The van der Waals surface area contributed by atoms with Gasteiger partial charge in [-0.1, -0.05) is 24.3 Å². The van der Waals surface area contributed by atoms with Crippen LogP contribution in [0.5, 0.6) is 17.2 Å². The van der Waals surface area contributed by atoms with Crippen molar-refractivity contribution in [2.24, 2.45) is 0 Å². The van der Waals surface area contributed by atoms with Crippen LogP contribution in [-0.2, 0) is 9.59 Å². The highest BCUT2D eigenvalue weighted by Gasteiger charge is 2.05. The molecule has 0 heterocycles. The van der Waals surface area contributed by atoms with Crippen LogP contribution < -0.4 is 4.74 Å². The molecule has 0 amide bonds. The molecule has 2 rings (SSSR count). The maximum Gasteiger partial charge on any atom is 0.165 e. The van der Waals surface area contributed by atoms with E-state index < -0.39 is 23.1 Å². The van der Waals surface area contributed by atoms with E-state index in [1.54, 1.807) is 12.1 Å². The van der Waals surface area contributed by atoms with Gasteiger partial charge in [-0.05, 0) is 47.5 Å². The van der Waals surface area contributed by atoms with Gasteiger partial charge in [0.15, 0.2) is 34.6 Å². The topological polar surface area (TPSA) is 83.8 Å². The van der Waals surface area contributed by atoms with Crippen molar-refractivity contribution < 1.29 is 28.9 Å². The number of rotatable bonds is 7. The van der Waals surface area contributed by atoms with Gasteiger partial charge in [0.05, 0.1) is 13.5 Å². The molecule has 0 aliphatic heterocycles. The van der Waals surface area contributed by atoms with E-state index in [9.17, 15) is 19.1 Å². The van der Waals surface area contributed by atoms with Gasteiger partial charge in [-0.2, -0.15) is 0 Å². The quantitative estimate of drug-likeness (QED) is 0.586. The Hall–Kier alpha value is -3.41. The molecule has 2 aromatic rings. The number of allylic oxidation sites excluding steroid dienone is 2. The Morgan fingerprint density at radius 1 is 0.962 bits per heavy atom. The smallest absolute Gasteiger partial charge is 0.165 e. The van der Waals surface area contributed by atoms with E-state index in [0.717, 1.165) is 6.07 Å². The Labute approximate surface area is 149 Å². The lowest BCUT2D eigenvalue weighted by molar-refractivity contribution is -0.121. The number of phenols is 2. The normalized spacial score (nSPS) is 11.2. The third kappa shape index (κ3) is 5.31. The average Bonchev–Trinajstić information content (AvgIpc) is 2.62. The van der Waals surface area contributed by atoms with Crippen molar-refractivity contribution >= 4 is 23.7 Å². The van der Waals surface area contributed by atoms with E-state index in [1.165, 1.54) is 49.6 Å². The van der Waals surface area contributed by atoms with Crippen LogP contribution in [0, 0.1) is 5.82 Å². The van der Waals surface area contributed by atoms with E-state index in [-0.39, 0.29) is 17.9 Å². The van der Waals surface area contributed by atoms with Crippen LogP contribution in [0.3, 0.4) is 0 Å². The fraction of sp³-hybridized carbons (Fsp3) is 0.100. The number of phenolic OH excluding ortho intramolecular Hbond substituents is 2. The molecule has 134 valence electrons. The Balaban J connectivity index is 1.95. The Morgan fingerprint density at radius 3 is 2.04 bits per heavy atom. The van der Waals surface area contributed by atoms with Crippen molar-refractivity contribution in [2.45, 2.75) is 6.42 Å². The Kier molecular flexibility index (Phi) is 6.27. The summed E-state index contributed by atoms with van der Waals surface area (Å²) < 4.78 is 18.2. The highest BCUT2D eigenvalue weighted by molar-refractivity contribution is 6.10. The second-order valence-electron chi connectivity index (χ2n) is 5.42. The van der Waals surface area contributed by atoms with E-state index in [2.05, 4.69) is 0 Å². The van der Waals surface area contributed by atoms with Gasteiger partial charge < -0.3 is 14.9 Å². The molecule has 0 radical (unpaired) electrons. The Morgan fingerprint density at radius 2 is 1.50 bits per heavy atom. The van der Waals surface area contributed by atoms with Crippen LogP contribution in [0.2, 0.25) is 0 Å². The highest BCUT2D eigenvalue weighted by atomic mass is 19.1. The minimum absolute atomic E-state index is 0.0121. The second kappa shape index (κ2) is 8.62. The average molecular weight is 356 g/mol. The monoisotopic (exact) mass is 356 g/mol. The number of halogens is 1. The molecule has 0 bridgehead atoms. The summed E-state index contributed by atoms with van der Waals surface area (Å²) >= 11 is 0. The van der Waals surface area contributed by atoms with Crippen LogP contribution in [0.4, 0.5) is 4.39 Å². The molecule has 2 aromatic carbocycles. The number of aromatic hydroxyl groups is 2. The lowest BCUT2D eigenvalue weighted by Crippen LogP contribution is -2.01. The predicted molar refractivity (Wildman–Crippen MR) is 95.4 cm³/mol. The molecule has 0 saturated carbocycles. The summed E-state index contributed by atoms with van der Waals surface area (Å²) in [5.74, 6) is -1.83. The molecule has 6 heteroatoms. The molecule has 5 nitrogen and oxygen atoms in total. The third-order valence-electron chi connectivity index (χ3n) is 3.45. The minimum atomic E-state index is -0.789. The number of ketones is 2. The zero-order valence-electron chi connectivity index (χ0n) is 14.0. The van der Waals surface area contributed by atoms with Crippen LogP contribution >= 0.6 is 0 Å². The van der Waals surface area contributed by atoms with E-state index in [1.807, 2.05) is 0 Å². The van der Waals surface area contributed by atoms with Crippen molar-refractivity contribution in [3.63, 3.8) is 0 Å².